The number of carbonyl (C=O) groups is 1. The van der Waals surface area contributed by atoms with Crippen LogP contribution in [0.4, 0.5) is 17.6 Å². The first-order chi connectivity index (χ1) is 11.2. The summed E-state index contributed by atoms with van der Waals surface area (Å²) in [5, 5.41) is 8.92. The third kappa shape index (κ3) is 4.25. The molecule has 8 heteroatoms. The molecule has 128 valence electrons. The van der Waals surface area contributed by atoms with Crippen molar-refractivity contribution in [3.8, 4) is 5.75 Å². The zero-order valence-corrected chi connectivity index (χ0v) is 13.6. The van der Waals surface area contributed by atoms with Crippen LogP contribution in [0, 0.1) is 5.82 Å². The van der Waals surface area contributed by atoms with Crippen LogP contribution in [0.3, 0.4) is 0 Å². The number of hydrogen-bond donors (Lipinski definition) is 1. The quantitative estimate of drug-likeness (QED) is 0.718. The Morgan fingerprint density at radius 3 is 2.38 bits per heavy atom. The first-order valence-electron chi connectivity index (χ1n) is 6.65. The maximum Gasteiger partial charge on any atom is 0.406 e. The third-order valence-corrected chi connectivity index (χ3v) is 3.78. The molecule has 0 saturated heterocycles. The van der Waals surface area contributed by atoms with Gasteiger partial charge < -0.3 is 9.84 Å². The van der Waals surface area contributed by atoms with E-state index in [0.717, 1.165) is 6.07 Å². The van der Waals surface area contributed by atoms with E-state index in [1.165, 1.54) is 0 Å². The monoisotopic (exact) mass is 406 g/mol. The summed E-state index contributed by atoms with van der Waals surface area (Å²) < 4.78 is 58.1. The second-order valence-electron chi connectivity index (χ2n) is 4.89. The van der Waals surface area contributed by atoms with Gasteiger partial charge in [-0.3, -0.25) is 4.79 Å². The average molecular weight is 407 g/mol. The van der Waals surface area contributed by atoms with E-state index in [2.05, 4.69) is 15.9 Å². The summed E-state index contributed by atoms with van der Waals surface area (Å²) in [5.74, 6) is -6.37. The Kier molecular flexibility index (Phi) is 5.48. The predicted octanol–water partition coefficient (Wildman–Crippen LogP) is 4.90. The van der Waals surface area contributed by atoms with Crippen LogP contribution in [0.2, 0.25) is 0 Å². The van der Waals surface area contributed by atoms with Crippen LogP contribution in [0.25, 0.3) is 0 Å². The number of carboxylic acid groups (broad SMARTS) is 1. The number of benzene rings is 2. The smallest absolute Gasteiger partial charge is 0.406 e. The molecule has 3 nitrogen and oxygen atoms in total. The summed E-state index contributed by atoms with van der Waals surface area (Å²) in [6, 6.07) is 10.1. The van der Waals surface area contributed by atoms with Crippen molar-refractivity contribution in [2.75, 3.05) is 0 Å². The lowest BCUT2D eigenvalue weighted by Crippen LogP contribution is -2.29. The van der Waals surface area contributed by atoms with Crippen LogP contribution in [0.5, 0.6) is 5.75 Å². The predicted molar refractivity (Wildman–Crippen MR) is 81.3 cm³/mol. The van der Waals surface area contributed by atoms with Crippen LogP contribution < -0.4 is 4.74 Å². The van der Waals surface area contributed by atoms with Gasteiger partial charge in [0.2, 0.25) is 0 Å². The van der Waals surface area contributed by atoms with E-state index >= 15 is 0 Å². The van der Waals surface area contributed by atoms with Crippen molar-refractivity contribution in [2.45, 2.75) is 18.7 Å². The van der Waals surface area contributed by atoms with Crippen molar-refractivity contribution in [3.05, 3.63) is 63.9 Å². The molecule has 0 aromatic heterocycles. The number of carboxylic acids is 1. The molecule has 0 aliphatic heterocycles. The van der Waals surface area contributed by atoms with Crippen LogP contribution in [0.15, 0.2) is 46.9 Å². The molecule has 24 heavy (non-hydrogen) atoms. The van der Waals surface area contributed by atoms with E-state index < -0.39 is 29.4 Å². The second kappa shape index (κ2) is 7.21. The number of alkyl halides is 3. The van der Waals surface area contributed by atoms with E-state index in [9.17, 15) is 22.4 Å². The van der Waals surface area contributed by atoms with Gasteiger partial charge in [0.25, 0.3) is 0 Å². The van der Waals surface area contributed by atoms with E-state index in [0.29, 0.717) is 11.6 Å². The Morgan fingerprint density at radius 2 is 1.83 bits per heavy atom. The van der Waals surface area contributed by atoms with Crippen molar-refractivity contribution < 1.29 is 32.2 Å². The fraction of sp³-hybridized carbons (Fsp3) is 0.188. The standard InChI is InChI=1S/C16H11BrF4O3/c17-11-7-13(24-8-9-4-2-1-3-5-9)10(6-12(11)18)14(15(22)23)16(19,20)21/h1-7,14H,8H2,(H,22,23). The molecule has 0 fully saturated rings. The molecule has 1 unspecified atom stereocenters. The maximum atomic E-state index is 13.7. The van der Waals surface area contributed by atoms with Gasteiger partial charge in [0.1, 0.15) is 18.2 Å². The van der Waals surface area contributed by atoms with E-state index in [4.69, 9.17) is 9.84 Å². The number of halogens is 5. The van der Waals surface area contributed by atoms with Gasteiger partial charge in [0, 0.05) is 5.56 Å². The van der Waals surface area contributed by atoms with Crippen LogP contribution in [-0.2, 0) is 11.4 Å². The molecule has 0 heterocycles. The Bertz CT molecular complexity index is 732. The van der Waals surface area contributed by atoms with Gasteiger partial charge in [-0.1, -0.05) is 30.3 Å². The summed E-state index contributed by atoms with van der Waals surface area (Å²) in [4.78, 5) is 11.1. The molecule has 0 aliphatic rings. The molecule has 0 bridgehead atoms. The minimum atomic E-state index is -5.09. The Hall–Kier alpha value is -2.09. The molecule has 0 spiro atoms. The Morgan fingerprint density at radius 1 is 1.21 bits per heavy atom. The summed E-state index contributed by atoms with van der Waals surface area (Å²) in [7, 11) is 0. The van der Waals surface area contributed by atoms with E-state index in [1.54, 1.807) is 30.3 Å². The minimum absolute atomic E-state index is 0.0872. The first kappa shape index (κ1) is 18.3. The van der Waals surface area contributed by atoms with Crippen molar-refractivity contribution in [1.29, 1.82) is 0 Å². The molecule has 0 amide bonds. The SMILES string of the molecule is O=C(O)C(c1cc(F)c(Br)cc1OCc1ccccc1)C(F)(F)F. The lowest BCUT2D eigenvalue weighted by Gasteiger charge is -2.20. The second-order valence-corrected chi connectivity index (χ2v) is 5.75. The van der Waals surface area contributed by atoms with E-state index in [1.807, 2.05) is 0 Å². The topological polar surface area (TPSA) is 46.5 Å². The largest absolute Gasteiger partial charge is 0.489 e. The van der Waals surface area contributed by atoms with Crippen molar-refractivity contribution >= 4 is 21.9 Å². The normalized spacial score (nSPS) is 12.7. The van der Waals surface area contributed by atoms with Gasteiger partial charge in [-0.2, -0.15) is 13.2 Å². The fourth-order valence-electron chi connectivity index (χ4n) is 2.08. The zero-order valence-electron chi connectivity index (χ0n) is 12.0. The molecular weight excluding hydrogens is 396 g/mol. The highest BCUT2D eigenvalue weighted by atomic mass is 79.9. The summed E-state index contributed by atoms with van der Waals surface area (Å²) in [6.45, 7) is -0.0872. The number of rotatable bonds is 5. The molecule has 1 atom stereocenters. The highest BCUT2D eigenvalue weighted by Crippen LogP contribution is 2.41. The number of ether oxygens (including phenoxy) is 1. The van der Waals surface area contributed by atoms with Gasteiger partial charge in [0.05, 0.1) is 4.47 Å². The van der Waals surface area contributed by atoms with Crippen LogP contribution >= 0.6 is 15.9 Å². The molecule has 1 N–H and O–H groups in total. The lowest BCUT2D eigenvalue weighted by atomic mass is 9.97. The average Bonchev–Trinajstić information content (AvgIpc) is 2.48. The minimum Gasteiger partial charge on any atom is -0.489 e. The third-order valence-electron chi connectivity index (χ3n) is 3.18. The van der Waals surface area contributed by atoms with Gasteiger partial charge in [-0.25, -0.2) is 4.39 Å². The molecule has 2 aromatic rings. The van der Waals surface area contributed by atoms with Gasteiger partial charge in [-0.15, -0.1) is 0 Å². The highest BCUT2D eigenvalue weighted by molar-refractivity contribution is 9.10. The van der Waals surface area contributed by atoms with Crippen molar-refractivity contribution in [3.63, 3.8) is 0 Å². The molecule has 0 radical (unpaired) electrons. The molecule has 2 rings (SSSR count). The highest BCUT2D eigenvalue weighted by Gasteiger charge is 2.48. The Balaban J connectivity index is 2.42. The lowest BCUT2D eigenvalue weighted by molar-refractivity contribution is -0.176. The fourth-order valence-corrected chi connectivity index (χ4v) is 2.40. The van der Waals surface area contributed by atoms with Crippen LogP contribution in [0.1, 0.15) is 17.0 Å². The maximum absolute atomic E-state index is 13.7. The Labute approximate surface area is 143 Å². The van der Waals surface area contributed by atoms with Crippen LogP contribution in [-0.4, -0.2) is 17.3 Å². The van der Waals surface area contributed by atoms with Gasteiger partial charge in [0.15, 0.2) is 5.92 Å². The summed E-state index contributed by atoms with van der Waals surface area (Å²) in [6.07, 6.45) is -5.09. The number of aliphatic carboxylic acids is 1. The van der Waals surface area contributed by atoms with Crippen molar-refractivity contribution in [2.24, 2.45) is 0 Å². The number of hydrogen-bond acceptors (Lipinski definition) is 2. The molecule has 2 aromatic carbocycles. The molecule has 0 saturated carbocycles. The summed E-state index contributed by atoms with van der Waals surface area (Å²) >= 11 is 2.86. The summed E-state index contributed by atoms with van der Waals surface area (Å²) in [5.41, 5.74) is -0.116. The zero-order chi connectivity index (χ0) is 17.9. The van der Waals surface area contributed by atoms with Gasteiger partial charge in [-0.05, 0) is 33.6 Å². The van der Waals surface area contributed by atoms with Gasteiger partial charge >= 0.3 is 12.1 Å². The molecular formula is C16H11BrF4O3. The first-order valence-corrected chi connectivity index (χ1v) is 7.44. The van der Waals surface area contributed by atoms with E-state index in [-0.39, 0.29) is 16.8 Å². The van der Waals surface area contributed by atoms with Crippen molar-refractivity contribution in [1.82, 2.24) is 0 Å². The molecule has 0 aliphatic carbocycles.